The number of ether oxygens (including phenoxy) is 1. The van der Waals surface area contributed by atoms with Crippen LogP contribution in [-0.4, -0.2) is 77.2 Å². The molecule has 2 N–H and O–H groups in total. The summed E-state index contributed by atoms with van der Waals surface area (Å²) in [6, 6.07) is 7.96. The largest absolute Gasteiger partial charge is 0.375 e. The second-order valence-electron chi connectivity index (χ2n) is 7.39. The summed E-state index contributed by atoms with van der Waals surface area (Å²) in [5.74, 6) is 0.989. The molecular weight excluding hydrogens is 412 g/mol. The van der Waals surface area contributed by atoms with Crippen molar-refractivity contribution in [3.63, 3.8) is 0 Å². The van der Waals surface area contributed by atoms with Gasteiger partial charge in [-0.15, -0.1) is 0 Å². The molecule has 1 fully saturated rings. The van der Waals surface area contributed by atoms with E-state index in [0.717, 1.165) is 44.0 Å². The lowest BCUT2D eigenvalue weighted by Gasteiger charge is -2.33. The normalized spacial score (nSPS) is 17.9. The molecule has 1 atom stereocenters. The predicted molar refractivity (Wildman–Crippen MR) is 119 cm³/mol. The summed E-state index contributed by atoms with van der Waals surface area (Å²) < 4.78 is 28.3. The molecule has 0 spiro atoms. The number of halogens is 1. The SMILES string of the molecule is CCNC(=NCC(OC)c1cccc(Cl)c1)NC1CCN(CCS(C)(=O)=O)CC1. The molecule has 0 radical (unpaired) electrons. The molecule has 1 heterocycles. The van der Waals surface area contributed by atoms with Crippen molar-refractivity contribution in [3.05, 3.63) is 34.9 Å². The van der Waals surface area contributed by atoms with Crippen LogP contribution in [-0.2, 0) is 14.6 Å². The fraction of sp³-hybridized carbons (Fsp3) is 0.650. The Bertz CT molecular complexity index is 765. The van der Waals surface area contributed by atoms with Crippen molar-refractivity contribution in [2.75, 3.05) is 51.8 Å². The quantitative estimate of drug-likeness (QED) is 0.448. The minimum Gasteiger partial charge on any atom is -0.375 e. The summed E-state index contributed by atoms with van der Waals surface area (Å²) in [5.41, 5.74) is 0.999. The van der Waals surface area contributed by atoms with E-state index in [1.54, 1.807) is 7.11 Å². The van der Waals surface area contributed by atoms with Gasteiger partial charge in [-0.2, -0.15) is 0 Å². The number of benzene rings is 1. The number of nitrogens with one attached hydrogen (secondary N) is 2. The summed E-state index contributed by atoms with van der Waals surface area (Å²) in [4.78, 5) is 6.92. The van der Waals surface area contributed by atoms with Crippen LogP contribution in [0, 0.1) is 0 Å². The van der Waals surface area contributed by atoms with E-state index < -0.39 is 9.84 Å². The van der Waals surface area contributed by atoms with Crippen LogP contribution in [0.5, 0.6) is 0 Å². The first kappa shape index (κ1) is 23.9. The van der Waals surface area contributed by atoms with Crippen molar-refractivity contribution in [2.45, 2.75) is 31.9 Å². The van der Waals surface area contributed by atoms with Gasteiger partial charge in [-0.05, 0) is 37.5 Å². The number of rotatable bonds is 9. The summed E-state index contributed by atoms with van der Waals surface area (Å²) >= 11 is 6.09. The molecule has 1 aromatic carbocycles. The molecule has 7 nitrogen and oxygen atoms in total. The number of methoxy groups -OCH3 is 1. The van der Waals surface area contributed by atoms with E-state index in [-0.39, 0.29) is 11.9 Å². The summed E-state index contributed by atoms with van der Waals surface area (Å²) in [6.45, 7) is 5.67. The number of nitrogens with zero attached hydrogens (tertiary/aromatic N) is 2. The zero-order chi connectivity index (χ0) is 21.3. The number of likely N-dealkylation sites (tertiary alicyclic amines) is 1. The third-order valence-corrected chi connectivity index (χ3v) is 6.13. The molecule has 1 aromatic rings. The molecule has 2 rings (SSSR count). The fourth-order valence-electron chi connectivity index (χ4n) is 3.31. The van der Waals surface area contributed by atoms with Gasteiger partial charge in [0.25, 0.3) is 0 Å². The maximum Gasteiger partial charge on any atom is 0.191 e. The number of piperidine rings is 1. The Morgan fingerprint density at radius 2 is 2.10 bits per heavy atom. The van der Waals surface area contributed by atoms with E-state index in [1.165, 1.54) is 6.26 Å². The molecule has 9 heteroatoms. The predicted octanol–water partition coefficient (Wildman–Crippen LogP) is 2.09. The van der Waals surface area contributed by atoms with Gasteiger partial charge in [-0.25, -0.2) is 8.42 Å². The molecule has 0 aliphatic carbocycles. The lowest BCUT2D eigenvalue weighted by atomic mass is 10.1. The van der Waals surface area contributed by atoms with Gasteiger partial charge < -0.3 is 20.3 Å². The molecule has 1 saturated heterocycles. The van der Waals surface area contributed by atoms with Crippen LogP contribution in [0.25, 0.3) is 0 Å². The lowest BCUT2D eigenvalue weighted by molar-refractivity contribution is 0.111. The van der Waals surface area contributed by atoms with Gasteiger partial charge in [0.05, 0.1) is 12.3 Å². The molecule has 0 amide bonds. The summed E-state index contributed by atoms with van der Waals surface area (Å²) in [5, 5.41) is 7.48. The van der Waals surface area contributed by atoms with Crippen LogP contribution in [0.15, 0.2) is 29.3 Å². The monoisotopic (exact) mass is 444 g/mol. The molecule has 1 aliphatic rings. The number of sulfone groups is 1. The van der Waals surface area contributed by atoms with E-state index in [0.29, 0.717) is 24.2 Å². The van der Waals surface area contributed by atoms with Gasteiger partial charge in [-0.1, -0.05) is 23.7 Å². The van der Waals surface area contributed by atoms with Crippen LogP contribution in [0.2, 0.25) is 5.02 Å². The van der Waals surface area contributed by atoms with Crippen LogP contribution in [0.4, 0.5) is 0 Å². The molecule has 1 aliphatic heterocycles. The lowest BCUT2D eigenvalue weighted by Crippen LogP contribution is -2.49. The van der Waals surface area contributed by atoms with Crippen molar-refractivity contribution < 1.29 is 13.2 Å². The van der Waals surface area contributed by atoms with Crippen molar-refractivity contribution in [2.24, 2.45) is 4.99 Å². The molecule has 29 heavy (non-hydrogen) atoms. The Kier molecular flexibility index (Phi) is 9.68. The number of hydrogen-bond acceptors (Lipinski definition) is 5. The zero-order valence-corrected chi connectivity index (χ0v) is 19.1. The van der Waals surface area contributed by atoms with Gasteiger partial charge >= 0.3 is 0 Å². The third-order valence-electron chi connectivity index (χ3n) is 4.97. The van der Waals surface area contributed by atoms with E-state index in [2.05, 4.69) is 15.5 Å². The highest BCUT2D eigenvalue weighted by atomic mass is 35.5. The fourth-order valence-corrected chi connectivity index (χ4v) is 4.09. The zero-order valence-electron chi connectivity index (χ0n) is 17.5. The van der Waals surface area contributed by atoms with Crippen LogP contribution in [0.3, 0.4) is 0 Å². The van der Waals surface area contributed by atoms with Gasteiger partial charge in [0.2, 0.25) is 0 Å². The molecular formula is C20H33ClN4O3S. The Morgan fingerprint density at radius 3 is 2.69 bits per heavy atom. The van der Waals surface area contributed by atoms with Crippen molar-refractivity contribution in [1.82, 2.24) is 15.5 Å². The minimum absolute atomic E-state index is 0.165. The number of hydrogen-bond donors (Lipinski definition) is 2. The van der Waals surface area contributed by atoms with Crippen LogP contribution >= 0.6 is 11.6 Å². The van der Waals surface area contributed by atoms with E-state index in [1.807, 2.05) is 31.2 Å². The van der Waals surface area contributed by atoms with Gasteiger partial charge in [-0.3, -0.25) is 4.99 Å². The Hall–Kier alpha value is -1.35. The Morgan fingerprint density at radius 1 is 1.38 bits per heavy atom. The highest BCUT2D eigenvalue weighted by molar-refractivity contribution is 7.90. The van der Waals surface area contributed by atoms with Gasteiger partial charge in [0.15, 0.2) is 5.96 Å². The van der Waals surface area contributed by atoms with Gasteiger partial charge in [0.1, 0.15) is 15.9 Å². The average molecular weight is 445 g/mol. The number of guanidine groups is 1. The van der Waals surface area contributed by atoms with Gasteiger partial charge in [0, 0.05) is 50.6 Å². The van der Waals surface area contributed by atoms with Crippen molar-refractivity contribution in [1.29, 1.82) is 0 Å². The second kappa shape index (κ2) is 11.7. The third kappa shape index (κ3) is 8.90. The van der Waals surface area contributed by atoms with E-state index >= 15 is 0 Å². The average Bonchev–Trinajstić information content (AvgIpc) is 2.67. The Balaban J connectivity index is 1.89. The highest BCUT2D eigenvalue weighted by Gasteiger charge is 2.21. The molecule has 164 valence electrons. The first-order valence-electron chi connectivity index (χ1n) is 10.0. The first-order chi connectivity index (χ1) is 13.8. The molecule has 0 aromatic heterocycles. The summed E-state index contributed by atoms with van der Waals surface area (Å²) in [7, 11) is -1.24. The first-order valence-corrected chi connectivity index (χ1v) is 12.5. The highest BCUT2D eigenvalue weighted by Crippen LogP contribution is 2.20. The molecule has 1 unspecified atom stereocenters. The second-order valence-corrected chi connectivity index (χ2v) is 10.1. The van der Waals surface area contributed by atoms with Crippen molar-refractivity contribution in [3.8, 4) is 0 Å². The Labute approximate surface area is 179 Å². The van der Waals surface area contributed by atoms with Crippen molar-refractivity contribution >= 4 is 27.4 Å². The summed E-state index contributed by atoms with van der Waals surface area (Å²) in [6.07, 6.45) is 3.03. The maximum absolute atomic E-state index is 11.3. The minimum atomic E-state index is -2.91. The smallest absolute Gasteiger partial charge is 0.191 e. The molecule has 0 saturated carbocycles. The van der Waals surface area contributed by atoms with E-state index in [9.17, 15) is 8.42 Å². The topological polar surface area (TPSA) is 83.0 Å². The standard InChI is InChI=1S/C20H33ClN4O3S/c1-4-22-20(23-15-19(28-2)16-6-5-7-17(21)14-16)24-18-8-10-25(11-9-18)12-13-29(3,26)27/h5-7,14,18-19H,4,8-13,15H2,1-3H3,(H2,22,23,24). The van der Waals surface area contributed by atoms with E-state index in [4.69, 9.17) is 21.3 Å². The van der Waals surface area contributed by atoms with Crippen LogP contribution < -0.4 is 10.6 Å². The van der Waals surface area contributed by atoms with Crippen LogP contribution in [0.1, 0.15) is 31.4 Å². The number of aliphatic imine (C=N–C) groups is 1. The maximum atomic E-state index is 11.3. The molecule has 0 bridgehead atoms.